The molecular formula is C20H26N6O4. The van der Waals surface area contributed by atoms with E-state index in [1.807, 2.05) is 18.2 Å². The van der Waals surface area contributed by atoms with Crippen molar-refractivity contribution in [1.29, 1.82) is 0 Å². The second-order valence-electron chi connectivity index (χ2n) is 6.72. The summed E-state index contributed by atoms with van der Waals surface area (Å²) in [5.74, 6) is -0.900. The van der Waals surface area contributed by atoms with Gasteiger partial charge in [0.1, 0.15) is 6.04 Å². The number of aliphatic imine (C=N–C) groups is 2. The van der Waals surface area contributed by atoms with E-state index in [4.69, 9.17) is 16.2 Å². The van der Waals surface area contributed by atoms with Crippen molar-refractivity contribution in [2.75, 3.05) is 26.2 Å². The van der Waals surface area contributed by atoms with E-state index < -0.39 is 18.0 Å². The smallest absolute Gasteiger partial charge is 0.402 e. The van der Waals surface area contributed by atoms with Crippen molar-refractivity contribution in [2.24, 2.45) is 21.5 Å². The number of para-hydroxylation sites is 1. The normalized spacial score (nSPS) is 16.0. The molecule has 1 saturated heterocycles. The van der Waals surface area contributed by atoms with E-state index >= 15 is 0 Å². The summed E-state index contributed by atoms with van der Waals surface area (Å²) in [6.45, 7) is 6.07. The molecule has 0 unspecified atom stereocenters. The van der Waals surface area contributed by atoms with Crippen LogP contribution in [0.2, 0.25) is 0 Å². The van der Waals surface area contributed by atoms with Gasteiger partial charge in [-0.2, -0.15) is 0 Å². The van der Waals surface area contributed by atoms with Crippen molar-refractivity contribution in [1.82, 2.24) is 9.80 Å². The number of nitrogens with two attached hydrogens (primary N) is 2. The Morgan fingerprint density at radius 2 is 1.73 bits per heavy atom. The molecule has 4 N–H and O–H groups in total. The van der Waals surface area contributed by atoms with Crippen LogP contribution in [0.1, 0.15) is 13.3 Å². The fourth-order valence-corrected chi connectivity index (χ4v) is 2.80. The first-order valence-electron chi connectivity index (χ1n) is 9.37. The summed E-state index contributed by atoms with van der Waals surface area (Å²) in [7, 11) is 0. The molecule has 1 aliphatic heterocycles. The highest BCUT2D eigenvalue weighted by molar-refractivity contribution is 5.97. The number of amides is 3. The summed E-state index contributed by atoms with van der Waals surface area (Å²) >= 11 is 0. The molecule has 1 fully saturated rings. The van der Waals surface area contributed by atoms with Gasteiger partial charge >= 0.3 is 6.09 Å². The number of rotatable bonds is 6. The lowest BCUT2D eigenvalue weighted by atomic mass is 10.1. The van der Waals surface area contributed by atoms with Gasteiger partial charge in [0.15, 0.2) is 0 Å². The minimum atomic E-state index is -0.914. The molecule has 1 heterocycles. The van der Waals surface area contributed by atoms with Crippen molar-refractivity contribution in [3.05, 3.63) is 42.1 Å². The van der Waals surface area contributed by atoms with Gasteiger partial charge in [-0.1, -0.05) is 18.2 Å². The van der Waals surface area contributed by atoms with Gasteiger partial charge in [-0.25, -0.2) is 9.79 Å². The summed E-state index contributed by atoms with van der Waals surface area (Å²) in [5.41, 5.74) is 11.9. The second kappa shape index (κ2) is 10.7. The van der Waals surface area contributed by atoms with Crippen LogP contribution in [0.4, 0.5) is 10.5 Å². The molecule has 30 heavy (non-hydrogen) atoms. The van der Waals surface area contributed by atoms with Gasteiger partial charge in [0.05, 0.1) is 12.1 Å². The van der Waals surface area contributed by atoms with Crippen molar-refractivity contribution in [3.8, 4) is 0 Å². The minimum absolute atomic E-state index is 0.0714. The Kier molecular flexibility index (Phi) is 8.09. The third kappa shape index (κ3) is 6.73. The third-order valence-electron chi connectivity index (χ3n) is 4.29. The lowest BCUT2D eigenvalue weighted by molar-refractivity contribution is -0.135. The Morgan fingerprint density at radius 3 is 2.27 bits per heavy atom. The molecule has 0 radical (unpaired) electrons. The number of benzene rings is 1. The Labute approximate surface area is 174 Å². The molecule has 1 aromatic carbocycles. The highest BCUT2D eigenvalue weighted by Crippen LogP contribution is 2.13. The van der Waals surface area contributed by atoms with E-state index in [1.54, 1.807) is 19.1 Å². The minimum Gasteiger partial charge on any atom is -0.402 e. The predicted molar refractivity (Wildman–Crippen MR) is 113 cm³/mol. The van der Waals surface area contributed by atoms with Gasteiger partial charge in [-0.05, 0) is 25.8 Å². The standard InChI is InChI=1S/C20H26N6O4/c1-14(21)12-18(24-15-6-4-3-5-7-15)30-20(29)26-10-8-25(9-11-26)19(28)16(23-2)13-17(22)27/h3-7,12,16H,2,8-11,13,21H2,1H3,(H2,22,27)/t16-/m0/s1. The van der Waals surface area contributed by atoms with Crippen LogP contribution in [0, 0.1) is 0 Å². The molecular weight excluding hydrogens is 388 g/mol. The number of allylic oxidation sites excluding steroid dienone is 1. The fraction of sp³-hybridized carbons (Fsp3) is 0.350. The van der Waals surface area contributed by atoms with Crippen LogP contribution >= 0.6 is 0 Å². The van der Waals surface area contributed by atoms with Crippen LogP contribution in [0.3, 0.4) is 0 Å². The molecule has 0 saturated carbocycles. The summed E-state index contributed by atoms with van der Waals surface area (Å²) < 4.78 is 5.41. The number of hydrogen-bond donors (Lipinski definition) is 2. The molecule has 10 heteroatoms. The molecule has 0 aliphatic carbocycles. The van der Waals surface area contributed by atoms with Gasteiger partial charge < -0.3 is 26.0 Å². The van der Waals surface area contributed by atoms with Crippen molar-refractivity contribution < 1.29 is 19.1 Å². The largest absolute Gasteiger partial charge is 0.416 e. The fourth-order valence-electron chi connectivity index (χ4n) is 2.80. The van der Waals surface area contributed by atoms with Crippen LogP contribution in [0.15, 0.2) is 52.1 Å². The lowest BCUT2D eigenvalue weighted by Gasteiger charge is -2.35. The van der Waals surface area contributed by atoms with E-state index in [2.05, 4.69) is 16.7 Å². The zero-order valence-corrected chi connectivity index (χ0v) is 16.9. The van der Waals surface area contributed by atoms with Gasteiger partial charge in [0.2, 0.25) is 17.7 Å². The van der Waals surface area contributed by atoms with Crippen molar-refractivity contribution in [3.63, 3.8) is 0 Å². The summed E-state index contributed by atoms with van der Waals surface area (Å²) in [4.78, 5) is 47.1. The van der Waals surface area contributed by atoms with Crippen molar-refractivity contribution >= 4 is 36.2 Å². The van der Waals surface area contributed by atoms with Crippen LogP contribution < -0.4 is 11.5 Å². The van der Waals surface area contributed by atoms with E-state index in [-0.39, 0.29) is 44.4 Å². The number of carbonyl (C=O) groups excluding carboxylic acids is 3. The van der Waals surface area contributed by atoms with Crippen LogP contribution in [0.25, 0.3) is 0 Å². The molecule has 1 atom stereocenters. The van der Waals surface area contributed by atoms with E-state index in [0.717, 1.165) is 0 Å². The van der Waals surface area contributed by atoms with E-state index in [0.29, 0.717) is 11.4 Å². The van der Waals surface area contributed by atoms with Gasteiger partial charge in [-0.15, -0.1) is 0 Å². The number of piperazine rings is 1. The lowest BCUT2D eigenvalue weighted by Crippen LogP contribution is -2.53. The van der Waals surface area contributed by atoms with Crippen molar-refractivity contribution in [2.45, 2.75) is 19.4 Å². The Balaban J connectivity index is 1.99. The number of nitrogens with zero attached hydrogens (tertiary/aromatic N) is 4. The van der Waals surface area contributed by atoms with Crippen LogP contribution in [-0.4, -0.2) is 72.5 Å². The number of primary amides is 1. The maximum Gasteiger partial charge on any atom is 0.416 e. The maximum absolute atomic E-state index is 12.6. The molecule has 10 nitrogen and oxygen atoms in total. The molecule has 160 valence electrons. The number of ether oxygens (including phenoxy) is 1. The average Bonchev–Trinajstić information content (AvgIpc) is 2.71. The molecule has 0 bridgehead atoms. The Morgan fingerprint density at radius 1 is 1.13 bits per heavy atom. The summed E-state index contributed by atoms with van der Waals surface area (Å²) in [6, 6.07) is 8.12. The van der Waals surface area contributed by atoms with E-state index in [9.17, 15) is 14.4 Å². The Bertz CT molecular complexity index is 840. The maximum atomic E-state index is 12.6. The highest BCUT2D eigenvalue weighted by atomic mass is 16.6. The average molecular weight is 414 g/mol. The molecule has 2 rings (SSSR count). The van der Waals surface area contributed by atoms with E-state index in [1.165, 1.54) is 15.9 Å². The first kappa shape index (κ1) is 22.6. The highest BCUT2D eigenvalue weighted by Gasteiger charge is 2.30. The SMILES string of the molecule is C=N[C@@H](CC(N)=O)C(=O)N1CCN(C(=O)OC(C=C(C)N)=Nc2ccccc2)CC1. The zero-order chi connectivity index (χ0) is 22.1. The predicted octanol–water partition coefficient (Wildman–Crippen LogP) is 0.805. The van der Waals surface area contributed by atoms with Gasteiger partial charge in [0, 0.05) is 38.0 Å². The zero-order valence-electron chi connectivity index (χ0n) is 16.9. The third-order valence-corrected chi connectivity index (χ3v) is 4.29. The number of hydrogen-bond acceptors (Lipinski definition) is 7. The summed E-state index contributed by atoms with van der Waals surface area (Å²) in [5, 5.41) is 0. The summed E-state index contributed by atoms with van der Waals surface area (Å²) in [6.07, 6.45) is 0.675. The first-order valence-corrected chi connectivity index (χ1v) is 9.37. The monoisotopic (exact) mass is 414 g/mol. The van der Waals surface area contributed by atoms with Crippen LogP contribution in [-0.2, 0) is 14.3 Å². The quantitative estimate of drug-likeness (QED) is 0.523. The molecule has 3 amide bonds. The molecule has 1 aromatic rings. The molecule has 1 aliphatic rings. The molecule has 0 spiro atoms. The first-order chi connectivity index (χ1) is 14.3. The van der Waals surface area contributed by atoms with Crippen LogP contribution in [0.5, 0.6) is 0 Å². The Hall–Kier alpha value is -3.69. The van der Waals surface area contributed by atoms with Gasteiger partial charge in [0.25, 0.3) is 0 Å². The topological polar surface area (TPSA) is 144 Å². The number of carbonyl (C=O) groups is 3. The van der Waals surface area contributed by atoms with Gasteiger partial charge in [-0.3, -0.25) is 14.6 Å². The molecule has 0 aromatic heterocycles. The second-order valence-corrected chi connectivity index (χ2v) is 6.72.